The highest BCUT2D eigenvalue weighted by molar-refractivity contribution is 5.93. The van der Waals surface area contributed by atoms with Gasteiger partial charge in [0, 0.05) is 55.8 Å². The third-order valence-corrected chi connectivity index (χ3v) is 5.78. The molecule has 0 unspecified atom stereocenters. The lowest BCUT2D eigenvalue weighted by Crippen LogP contribution is -2.48. The van der Waals surface area contributed by atoms with Crippen LogP contribution in [0, 0.1) is 0 Å². The molecular formula is C27H25N5O. The molecule has 164 valence electrons. The second-order valence-corrected chi connectivity index (χ2v) is 7.91. The molecule has 0 spiro atoms. The van der Waals surface area contributed by atoms with Crippen LogP contribution in [0.25, 0.3) is 23.0 Å². The van der Waals surface area contributed by atoms with Gasteiger partial charge in [-0.1, -0.05) is 54.6 Å². The van der Waals surface area contributed by atoms with Crippen molar-refractivity contribution < 1.29 is 4.79 Å². The number of rotatable bonds is 5. The van der Waals surface area contributed by atoms with Gasteiger partial charge < -0.3 is 9.80 Å². The Morgan fingerprint density at radius 1 is 0.818 bits per heavy atom. The molecule has 1 aliphatic rings. The molecule has 4 aromatic rings. The van der Waals surface area contributed by atoms with Gasteiger partial charge >= 0.3 is 0 Å². The van der Waals surface area contributed by atoms with Crippen LogP contribution in [0.2, 0.25) is 0 Å². The molecule has 3 heterocycles. The lowest BCUT2D eigenvalue weighted by molar-refractivity contribution is -0.126. The SMILES string of the molecule is O=C(/C=C/c1cn(-c2ccccc2)nc1-c1ccccc1)N1CCN(c2ccccn2)CC1. The number of anilines is 1. The van der Waals surface area contributed by atoms with Crippen molar-refractivity contribution in [2.45, 2.75) is 0 Å². The summed E-state index contributed by atoms with van der Waals surface area (Å²) in [4.78, 5) is 21.4. The highest BCUT2D eigenvalue weighted by Crippen LogP contribution is 2.25. The van der Waals surface area contributed by atoms with Crippen LogP contribution in [0.4, 0.5) is 5.82 Å². The van der Waals surface area contributed by atoms with Crippen molar-refractivity contribution in [1.82, 2.24) is 19.7 Å². The number of carbonyl (C=O) groups excluding carboxylic acids is 1. The van der Waals surface area contributed by atoms with Gasteiger partial charge in [-0.25, -0.2) is 9.67 Å². The standard InChI is InChI=1S/C27H25N5O/c33-26(31-19-17-30(18-20-31)25-13-7-8-16-28-25)15-14-23-21-32(24-11-5-2-6-12-24)29-27(23)22-9-3-1-4-10-22/h1-16,21H,17-20H2/b15-14+. The highest BCUT2D eigenvalue weighted by atomic mass is 16.2. The number of carbonyl (C=O) groups is 1. The number of hydrogen-bond acceptors (Lipinski definition) is 4. The molecule has 2 aromatic heterocycles. The monoisotopic (exact) mass is 435 g/mol. The Labute approximate surface area is 193 Å². The minimum absolute atomic E-state index is 0.0159. The number of piperazine rings is 1. The zero-order chi connectivity index (χ0) is 22.5. The molecule has 1 amide bonds. The van der Waals surface area contributed by atoms with Crippen molar-refractivity contribution in [2.75, 3.05) is 31.1 Å². The molecule has 0 saturated carbocycles. The minimum Gasteiger partial charge on any atom is -0.353 e. The number of benzene rings is 2. The molecule has 0 atom stereocenters. The molecule has 6 heteroatoms. The maximum atomic E-state index is 12.9. The fourth-order valence-electron chi connectivity index (χ4n) is 4.01. The van der Waals surface area contributed by atoms with E-state index < -0.39 is 0 Å². The van der Waals surface area contributed by atoms with E-state index in [9.17, 15) is 4.79 Å². The zero-order valence-corrected chi connectivity index (χ0v) is 18.3. The smallest absolute Gasteiger partial charge is 0.246 e. The number of para-hydroxylation sites is 1. The summed E-state index contributed by atoms with van der Waals surface area (Å²) in [5.41, 5.74) is 3.75. The van der Waals surface area contributed by atoms with Crippen molar-refractivity contribution in [1.29, 1.82) is 0 Å². The molecule has 1 aliphatic heterocycles. The van der Waals surface area contributed by atoms with Gasteiger partial charge in [0.15, 0.2) is 0 Å². The first-order valence-electron chi connectivity index (χ1n) is 11.1. The molecule has 0 radical (unpaired) electrons. The Kier molecular flexibility index (Phi) is 5.97. The van der Waals surface area contributed by atoms with Crippen LogP contribution in [0.15, 0.2) is 97.3 Å². The van der Waals surface area contributed by atoms with Crippen molar-refractivity contribution in [2.24, 2.45) is 0 Å². The van der Waals surface area contributed by atoms with E-state index in [1.165, 1.54) is 0 Å². The Bertz CT molecular complexity index is 1230. The van der Waals surface area contributed by atoms with Crippen molar-refractivity contribution in [3.63, 3.8) is 0 Å². The van der Waals surface area contributed by atoms with Crippen LogP contribution in [0.1, 0.15) is 5.56 Å². The van der Waals surface area contributed by atoms with E-state index in [2.05, 4.69) is 9.88 Å². The van der Waals surface area contributed by atoms with Crippen LogP contribution in [0.3, 0.4) is 0 Å². The summed E-state index contributed by atoms with van der Waals surface area (Å²) in [6.45, 7) is 2.90. The highest BCUT2D eigenvalue weighted by Gasteiger charge is 2.20. The number of hydrogen-bond donors (Lipinski definition) is 0. The second-order valence-electron chi connectivity index (χ2n) is 7.91. The molecular weight excluding hydrogens is 410 g/mol. The average molecular weight is 436 g/mol. The topological polar surface area (TPSA) is 54.3 Å². The maximum absolute atomic E-state index is 12.9. The molecule has 1 fully saturated rings. The fraction of sp³-hybridized carbons (Fsp3) is 0.148. The summed E-state index contributed by atoms with van der Waals surface area (Å²) in [7, 11) is 0. The summed E-state index contributed by atoms with van der Waals surface area (Å²) in [6.07, 6.45) is 7.31. The zero-order valence-electron chi connectivity index (χ0n) is 18.3. The largest absolute Gasteiger partial charge is 0.353 e. The van der Waals surface area contributed by atoms with Crippen molar-refractivity contribution in [3.8, 4) is 16.9 Å². The molecule has 5 rings (SSSR count). The summed E-state index contributed by atoms with van der Waals surface area (Å²) in [5.74, 6) is 0.975. The summed E-state index contributed by atoms with van der Waals surface area (Å²) in [5, 5.41) is 4.81. The van der Waals surface area contributed by atoms with E-state index in [0.29, 0.717) is 13.1 Å². The van der Waals surface area contributed by atoms with Crippen LogP contribution >= 0.6 is 0 Å². The van der Waals surface area contributed by atoms with E-state index in [4.69, 9.17) is 5.10 Å². The van der Waals surface area contributed by atoms with Crippen molar-refractivity contribution >= 4 is 17.8 Å². The number of pyridine rings is 1. The molecule has 0 N–H and O–H groups in total. The van der Waals surface area contributed by atoms with Gasteiger partial charge in [0.25, 0.3) is 0 Å². The third kappa shape index (κ3) is 4.70. The first-order valence-corrected chi connectivity index (χ1v) is 11.1. The Balaban J connectivity index is 1.33. The van der Waals surface area contributed by atoms with Crippen LogP contribution in [-0.2, 0) is 4.79 Å². The number of amides is 1. The second kappa shape index (κ2) is 9.53. The number of nitrogens with zero attached hydrogens (tertiary/aromatic N) is 5. The molecule has 0 aliphatic carbocycles. The van der Waals surface area contributed by atoms with Crippen LogP contribution in [-0.4, -0.2) is 51.8 Å². The molecule has 2 aromatic carbocycles. The quantitative estimate of drug-likeness (QED) is 0.439. The molecule has 6 nitrogen and oxygen atoms in total. The van der Waals surface area contributed by atoms with Crippen molar-refractivity contribution in [3.05, 3.63) is 103 Å². The van der Waals surface area contributed by atoms with Gasteiger partial charge in [-0.2, -0.15) is 5.10 Å². The van der Waals surface area contributed by atoms with Gasteiger partial charge in [-0.15, -0.1) is 0 Å². The van der Waals surface area contributed by atoms with Gasteiger partial charge in [0.1, 0.15) is 5.82 Å². The Morgan fingerprint density at radius 2 is 1.52 bits per heavy atom. The lowest BCUT2D eigenvalue weighted by atomic mass is 10.1. The van der Waals surface area contributed by atoms with Gasteiger partial charge in [0.05, 0.1) is 11.4 Å². The Morgan fingerprint density at radius 3 is 2.21 bits per heavy atom. The Hall–Kier alpha value is -4.19. The predicted octanol–water partition coefficient (Wildman–Crippen LogP) is 4.30. The third-order valence-electron chi connectivity index (χ3n) is 5.78. The first-order chi connectivity index (χ1) is 16.3. The van der Waals surface area contributed by atoms with E-state index in [-0.39, 0.29) is 5.91 Å². The summed E-state index contributed by atoms with van der Waals surface area (Å²) >= 11 is 0. The predicted molar refractivity (Wildman–Crippen MR) is 131 cm³/mol. The number of aromatic nitrogens is 3. The molecule has 0 bridgehead atoms. The van der Waals surface area contributed by atoms with E-state index in [1.807, 2.05) is 101 Å². The normalized spacial score (nSPS) is 14.1. The first kappa shape index (κ1) is 20.7. The van der Waals surface area contributed by atoms with Gasteiger partial charge in [-0.05, 0) is 30.3 Å². The van der Waals surface area contributed by atoms with Crippen LogP contribution in [0.5, 0.6) is 0 Å². The summed E-state index contributed by atoms with van der Waals surface area (Å²) < 4.78 is 1.86. The fourth-order valence-corrected chi connectivity index (χ4v) is 4.01. The minimum atomic E-state index is 0.0159. The van der Waals surface area contributed by atoms with E-state index in [1.54, 1.807) is 12.3 Å². The van der Waals surface area contributed by atoms with E-state index >= 15 is 0 Å². The summed E-state index contributed by atoms with van der Waals surface area (Å²) in [6, 6.07) is 26.0. The maximum Gasteiger partial charge on any atom is 0.246 e. The van der Waals surface area contributed by atoms with Gasteiger partial charge in [-0.3, -0.25) is 4.79 Å². The average Bonchev–Trinajstić information content (AvgIpc) is 3.33. The van der Waals surface area contributed by atoms with Gasteiger partial charge in [0.2, 0.25) is 5.91 Å². The van der Waals surface area contributed by atoms with Crippen LogP contribution < -0.4 is 4.90 Å². The van der Waals surface area contributed by atoms with E-state index in [0.717, 1.165) is 41.4 Å². The molecule has 1 saturated heterocycles. The lowest BCUT2D eigenvalue weighted by Gasteiger charge is -2.34. The molecule has 33 heavy (non-hydrogen) atoms.